The SMILES string of the molecule is C[C@@H]1O[C@@H](O[C@@H]2[C@@H](O)[C@H](O[C@@H]3[C@@H](O)[C@H](O)[C@@H](CO)O[C@H]3O)O[C@H](CO)[C@H]2O)[C@H](O)[C@H](O)[C@H]1O. The summed E-state index contributed by atoms with van der Waals surface area (Å²) in [5, 5.41) is 100. The number of aliphatic hydroxyl groups is 10. The molecule has 0 bridgehead atoms. The second-order valence-electron chi connectivity index (χ2n) is 8.32. The van der Waals surface area contributed by atoms with Gasteiger partial charge in [-0.25, -0.2) is 0 Å². The van der Waals surface area contributed by atoms with E-state index in [1.807, 2.05) is 0 Å². The fraction of sp³-hybridized carbons (Fsp3) is 1.00. The van der Waals surface area contributed by atoms with Crippen LogP contribution in [0.25, 0.3) is 0 Å². The van der Waals surface area contributed by atoms with E-state index in [-0.39, 0.29) is 0 Å². The van der Waals surface area contributed by atoms with Crippen LogP contribution in [0.1, 0.15) is 6.92 Å². The van der Waals surface area contributed by atoms with Crippen LogP contribution in [0, 0.1) is 0 Å². The molecule has 0 unspecified atom stereocenters. The second-order valence-corrected chi connectivity index (χ2v) is 8.32. The largest absolute Gasteiger partial charge is 0.394 e. The van der Waals surface area contributed by atoms with Crippen molar-refractivity contribution in [3.05, 3.63) is 0 Å². The quantitative estimate of drug-likeness (QED) is 0.167. The molecule has 0 aliphatic carbocycles. The average Bonchev–Trinajstić information content (AvgIpc) is 2.79. The van der Waals surface area contributed by atoms with Crippen LogP contribution in [0.5, 0.6) is 0 Å². The van der Waals surface area contributed by atoms with Crippen molar-refractivity contribution in [1.82, 2.24) is 0 Å². The molecule has 3 saturated heterocycles. The van der Waals surface area contributed by atoms with Crippen molar-refractivity contribution in [3.8, 4) is 0 Å². The predicted molar refractivity (Wildman–Crippen MR) is 99.8 cm³/mol. The van der Waals surface area contributed by atoms with Gasteiger partial charge in [0.05, 0.1) is 19.3 Å². The van der Waals surface area contributed by atoms with Gasteiger partial charge in [-0.15, -0.1) is 0 Å². The summed E-state index contributed by atoms with van der Waals surface area (Å²) in [6, 6.07) is 0. The summed E-state index contributed by atoms with van der Waals surface area (Å²) >= 11 is 0. The molecule has 33 heavy (non-hydrogen) atoms. The predicted octanol–water partition coefficient (Wildman–Crippen LogP) is -6.55. The fourth-order valence-corrected chi connectivity index (χ4v) is 3.98. The van der Waals surface area contributed by atoms with Gasteiger partial charge in [0.1, 0.15) is 67.1 Å². The third kappa shape index (κ3) is 5.32. The Morgan fingerprint density at radius 2 is 1.09 bits per heavy atom. The minimum atomic E-state index is -1.86. The summed E-state index contributed by atoms with van der Waals surface area (Å²) in [7, 11) is 0. The number of aliphatic hydroxyl groups excluding tert-OH is 10. The third-order valence-corrected chi connectivity index (χ3v) is 6.06. The minimum Gasteiger partial charge on any atom is -0.394 e. The molecule has 3 heterocycles. The standard InChI is InChI=1S/C18H32O15/c1-4-7(21)10(24)12(26)17(29-4)32-14-9(23)6(3-20)31-18(13(14)27)33-15-11(25)8(22)5(2-19)30-16(15)28/h4-28H,2-3H2,1H3/t4-,5+,6+,7-,8+,9+,10+,11-,12+,13+,14-,15+,16+,17-,18-/m0/s1. The summed E-state index contributed by atoms with van der Waals surface area (Å²) in [5.74, 6) is 0. The monoisotopic (exact) mass is 488 g/mol. The maximum absolute atomic E-state index is 10.7. The zero-order chi connectivity index (χ0) is 24.6. The van der Waals surface area contributed by atoms with Crippen LogP contribution in [0.2, 0.25) is 0 Å². The maximum atomic E-state index is 10.7. The molecule has 0 aromatic carbocycles. The first-order chi connectivity index (χ1) is 15.5. The molecule has 10 N–H and O–H groups in total. The highest BCUT2D eigenvalue weighted by molar-refractivity contribution is 4.95. The van der Waals surface area contributed by atoms with Gasteiger partial charge in [-0.1, -0.05) is 0 Å². The molecule has 3 fully saturated rings. The van der Waals surface area contributed by atoms with E-state index in [4.69, 9.17) is 28.8 Å². The second kappa shape index (κ2) is 11.0. The first kappa shape index (κ1) is 27.0. The van der Waals surface area contributed by atoms with Gasteiger partial charge in [-0.2, -0.15) is 0 Å². The number of hydrogen-bond donors (Lipinski definition) is 10. The molecule has 0 spiro atoms. The molecular weight excluding hydrogens is 456 g/mol. The highest BCUT2D eigenvalue weighted by Crippen LogP contribution is 2.32. The summed E-state index contributed by atoms with van der Waals surface area (Å²) in [6.45, 7) is -0.0882. The fourth-order valence-electron chi connectivity index (χ4n) is 3.98. The zero-order valence-corrected chi connectivity index (χ0v) is 17.6. The van der Waals surface area contributed by atoms with E-state index in [1.54, 1.807) is 0 Å². The molecule has 15 atom stereocenters. The Hall–Kier alpha value is -0.600. The molecule has 0 aromatic rings. The number of rotatable bonds is 6. The van der Waals surface area contributed by atoms with Gasteiger partial charge in [0, 0.05) is 0 Å². The van der Waals surface area contributed by atoms with Gasteiger partial charge < -0.3 is 74.7 Å². The van der Waals surface area contributed by atoms with E-state index in [0.717, 1.165) is 0 Å². The smallest absolute Gasteiger partial charge is 0.187 e. The van der Waals surface area contributed by atoms with Crippen molar-refractivity contribution in [1.29, 1.82) is 0 Å². The van der Waals surface area contributed by atoms with Crippen molar-refractivity contribution in [2.75, 3.05) is 13.2 Å². The Labute approximate surface area is 187 Å². The van der Waals surface area contributed by atoms with Crippen molar-refractivity contribution < 1.29 is 74.7 Å². The summed E-state index contributed by atoms with van der Waals surface area (Å²) in [4.78, 5) is 0. The van der Waals surface area contributed by atoms with Gasteiger partial charge in [0.2, 0.25) is 0 Å². The molecule has 0 saturated carbocycles. The van der Waals surface area contributed by atoms with Crippen LogP contribution in [0.4, 0.5) is 0 Å². The topological polar surface area (TPSA) is 248 Å². The third-order valence-electron chi connectivity index (χ3n) is 6.06. The zero-order valence-electron chi connectivity index (χ0n) is 17.6. The van der Waals surface area contributed by atoms with Crippen LogP contribution < -0.4 is 0 Å². The molecule has 3 aliphatic heterocycles. The Balaban J connectivity index is 1.75. The maximum Gasteiger partial charge on any atom is 0.187 e. The van der Waals surface area contributed by atoms with E-state index < -0.39 is 105 Å². The van der Waals surface area contributed by atoms with Crippen LogP contribution in [0.3, 0.4) is 0 Å². The normalized spacial score (nSPS) is 53.7. The van der Waals surface area contributed by atoms with Crippen LogP contribution in [-0.2, 0) is 23.7 Å². The first-order valence-corrected chi connectivity index (χ1v) is 10.4. The van der Waals surface area contributed by atoms with E-state index in [0.29, 0.717) is 0 Å². The highest BCUT2D eigenvalue weighted by Gasteiger charge is 2.53. The molecule has 0 aromatic heterocycles. The van der Waals surface area contributed by atoms with E-state index in [9.17, 15) is 46.0 Å². The lowest BCUT2D eigenvalue weighted by Gasteiger charge is -2.47. The molecule has 3 rings (SSSR count). The summed E-state index contributed by atoms with van der Waals surface area (Å²) < 4.78 is 26.4. The molecule has 3 aliphatic rings. The van der Waals surface area contributed by atoms with Crippen molar-refractivity contribution >= 4 is 0 Å². The molecule has 0 radical (unpaired) electrons. The highest BCUT2D eigenvalue weighted by atomic mass is 16.8. The number of ether oxygens (including phenoxy) is 5. The van der Waals surface area contributed by atoms with Gasteiger partial charge in [-0.05, 0) is 6.92 Å². The van der Waals surface area contributed by atoms with Crippen LogP contribution >= 0.6 is 0 Å². The van der Waals surface area contributed by atoms with Crippen LogP contribution in [0.15, 0.2) is 0 Å². The average molecular weight is 488 g/mol. The molecule has 15 nitrogen and oxygen atoms in total. The van der Waals surface area contributed by atoms with Crippen LogP contribution in [-0.4, -0.2) is 156 Å². The first-order valence-electron chi connectivity index (χ1n) is 10.4. The van der Waals surface area contributed by atoms with Gasteiger partial charge in [0.25, 0.3) is 0 Å². The van der Waals surface area contributed by atoms with Crippen molar-refractivity contribution in [3.63, 3.8) is 0 Å². The van der Waals surface area contributed by atoms with Gasteiger partial charge in [-0.3, -0.25) is 0 Å². The Bertz CT molecular complexity index is 626. The molecule has 194 valence electrons. The Morgan fingerprint density at radius 1 is 0.545 bits per heavy atom. The van der Waals surface area contributed by atoms with E-state index >= 15 is 0 Å². The lowest BCUT2D eigenvalue weighted by Crippen LogP contribution is -2.66. The Kier molecular flexibility index (Phi) is 8.99. The van der Waals surface area contributed by atoms with E-state index in [1.165, 1.54) is 6.92 Å². The van der Waals surface area contributed by atoms with Crippen molar-refractivity contribution in [2.45, 2.75) is 99.0 Å². The van der Waals surface area contributed by atoms with Gasteiger partial charge in [0.15, 0.2) is 18.9 Å². The Morgan fingerprint density at radius 3 is 1.70 bits per heavy atom. The van der Waals surface area contributed by atoms with E-state index in [2.05, 4.69) is 0 Å². The minimum absolute atomic E-state index is 0.706. The molecule has 15 heteroatoms. The lowest BCUT2D eigenvalue weighted by molar-refractivity contribution is -0.381. The summed E-state index contributed by atoms with van der Waals surface area (Å²) in [6.07, 6.45) is -24.0. The summed E-state index contributed by atoms with van der Waals surface area (Å²) in [5.41, 5.74) is 0. The molecular formula is C18H32O15. The number of hydrogen-bond acceptors (Lipinski definition) is 15. The molecule has 0 amide bonds. The van der Waals surface area contributed by atoms with Crippen molar-refractivity contribution in [2.24, 2.45) is 0 Å². The lowest BCUT2D eigenvalue weighted by atomic mass is 9.96. The van der Waals surface area contributed by atoms with Gasteiger partial charge >= 0.3 is 0 Å².